The summed E-state index contributed by atoms with van der Waals surface area (Å²) < 4.78 is 40.3. The number of alkyl halides is 3. The number of benzene rings is 2. The van der Waals surface area contributed by atoms with Gasteiger partial charge in [0, 0.05) is 16.8 Å². The normalized spacial score (nSPS) is 12.0. The van der Waals surface area contributed by atoms with Crippen LogP contribution in [0.3, 0.4) is 0 Å². The number of hydrogen-bond donors (Lipinski definition) is 3. The average molecular weight is 536 g/mol. The summed E-state index contributed by atoms with van der Waals surface area (Å²) in [7, 11) is 0. The minimum absolute atomic E-state index is 0. The van der Waals surface area contributed by atoms with Gasteiger partial charge in [0.05, 0.1) is 6.54 Å². The van der Waals surface area contributed by atoms with Crippen LogP contribution in [0.4, 0.5) is 18.9 Å². The number of nitrogens with two attached hydrogens (primary N) is 1. The quantitative estimate of drug-likeness (QED) is 0.295. The number of hydrogen-bond acceptors (Lipinski definition) is 3. The first-order chi connectivity index (χ1) is 13.4. The Morgan fingerprint density at radius 2 is 1.73 bits per heavy atom. The number of anilines is 1. The van der Waals surface area contributed by atoms with Crippen molar-refractivity contribution in [2.75, 3.05) is 5.32 Å². The number of carbonyl (C=O) groups is 1. The van der Waals surface area contributed by atoms with E-state index in [0.717, 1.165) is 5.56 Å². The third kappa shape index (κ3) is 9.33. The maximum absolute atomic E-state index is 12.2. The van der Waals surface area contributed by atoms with Crippen molar-refractivity contribution in [2.45, 2.75) is 39.2 Å². The van der Waals surface area contributed by atoms with E-state index in [1.54, 1.807) is 18.2 Å². The molecule has 0 bridgehead atoms. The average Bonchev–Trinajstić information content (AvgIpc) is 2.59. The zero-order chi connectivity index (χ0) is 21.7. The number of aliphatic imine (C=N–C) groups is 1. The Hall–Kier alpha value is -2.50. The van der Waals surface area contributed by atoms with Gasteiger partial charge in [-0.2, -0.15) is 0 Å². The highest BCUT2D eigenvalue weighted by molar-refractivity contribution is 14.0. The van der Waals surface area contributed by atoms with Crippen molar-refractivity contribution in [2.24, 2.45) is 10.7 Å². The molecule has 0 heterocycles. The predicted molar refractivity (Wildman–Crippen MR) is 121 cm³/mol. The molecule has 6 nitrogen and oxygen atoms in total. The van der Waals surface area contributed by atoms with Crippen molar-refractivity contribution in [3.05, 3.63) is 59.7 Å². The van der Waals surface area contributed by atoms with Gasteiger partial charge in [-0.15, -0.1) is 37.1 Å². The number of nitrogens with one attached hydrogen (secondary N) is 2. The Labute approximate surface area is 190 Å². The number of amides is 1. The lowest BCUT2D eigenvalue weighted by molar-refractivity contribution is -0.274. The van der Waals surface area contributed by atoms with Gasteiger partial charge >= 0.3 is 6.36 Å². The lowest BCUT2D eigenvalue weighted by Gasteiger charge is -2.20. The summed E-state index contributed by atoms with van der Waals surface area (Å²) in [4.78, 5) is 16.4. The first-order valence-corrected chi connectivity index (χ1v) is 8.75. The molecule has 0 aliphatic rings. The molecule has 10 heteroatoms. The predicted octanol–water partition coefficient (Wildman–Crippen LogP) is 4.66. The van der Waals surface area contributed by atoms with Gasteiger partial charge in [-0.1, -0.05) is 12.1 Å². The molecule has 0 aromatic heterocycles. The zero-order valence-corrected chi connectivity index (χ0v) is 19.0. The highest BCUT2D eigenvalue weighted by Gasteiger charge is 2.30. The second-order valence-corrected chi connectivity index (χ2v) is 7.30. The summed E-state index contributed by atoms with van der Waals surface area (Å²) >= 11 is 0. The smallest absolute Gasteiger partial charge is 0.406 e. The molecule has 0 spiro atoms. The summed E-state index contributed by atoms with van der Waals surface area (Å²) in [6.45, 7) is 5.92. The van der Waals surface area contributed by atoms with E-state index in [1.165, 1.54) is 24.3 Å². The van der Waals surface area contributed by atoms with E-state index >= 15 is 0 Å². The van der Waals surface area contributed by atoms with E-state index < -0.39 is 6.36 Å². The molecule has 164 valence electrons. The van der Waals surface area contributed by atoms with Crippen LogP contribution in [-0.4, -0.2) is 23.8 Å². The van der Waals surface area contributed by atoms with Crippen molar-refractivity contribution in [1.82, 2.24) is 5.32 Å². The van der Waals surface area contributed by atoms with E-state index in [1.807, 2.05) is 26.8 Å². The molecule has 1 amide bonds. The third-order valence-electron chi connectivity index (χ3n) is 3.47. The van der Waals surface area contributed by atoms with Crippen molar-refractivity contribution < 1.29 is 22.7 Å². The van der Waals surface area contributed by atoms with E-state index in [9.17, 15) is 18.0 Å². The van der Waals surface area contributed by atoms with Crippen LogP contribution in [0.2, 0.25) is 0 Å². The summed E-state index contributed by atoms with van der Waals surface area (Å²) in [5.74, 6) is -0.432. The Morgan fingerprint density at radius 3 is 2.30 bits per heavy atom. The summed E-state index contributed by atoms with van der Waals surface area (Å²) in [6, 6.07) is 12.1. The molecule has 0 aliphatic heterocycles. The highest BCUT2D eigenvalue weighted by atomic mass is 127. The molecule has 4 N–H and O–H groups in total. The molecule has 2 aromatic carbocycles. The zero-order valence-electron chi connectivity index (χ0n) is 16.7. The van der Waals surface area contributed by atoms with Crippen molar-refractivity contribution in [3.8, 4) is 5.75 Å². The van der Waals surface area contributed by atoms with Gasteiger partial charge in [0.2, 0.25) is 0 Å². The van der Waals surface area contributed by atoms with E-state index in [0.29, 0.717) is 11.3 Å². The van der Waals surface area contributed by atoms with Gasteiger partial charge in [-0.3, -0.25) is 4.79 Å². The molecule has 0 atom stereocenters. The first kappa shape index (κ1) is 25.5. The standard InChI is InChI=1S/C20H23F3N4O2.HI/c1-19(2,3)27-17(28)14-6-4-5-13(11-14)12-25-18(24)26-15-7-9-16(10-8-15)29-20(21,22)23;/h4-11H,12H2,1-3H3,(H,27,28)(H3,24,25,26);1H. The van der Waals surface area contributed by atoms with Gasteiger partial charge in [0.25, 0.3) is 5.91 Å². The summed E-state index contributed by atoms with van der Waals surface area (Å²) in [6.07, 6.45) is -4.74. The molecule has 0 saturated heterocycles. The summed E-state index contributed by atoms with van der Waals surface area (Å²) in [5.41, 5.74) is 7.23. The number of carbonyl (C=O) groups excluding carboxylic acids is 1. The number of rotatable bonds is 5. The van der Waals surface area contributed by atoms with E-state index in [2.05, 4.69) is 20.4 Å². The van der Waals surface area contributed by atoms with E-state index in [4.69, 9.17) is 5.73 Å². The van der Waals surface area contributed by atoms with Crippen molar-refractivity contribution in [1.29, 1.82) is 0 Å². The lowest BCUT2D eigenvalue weighted by atomic mass is 10.1. The van der Waals surface area contributed by atoms with Crippen LogP contribution in [0, 0.1) is 0 Å². The minimum Gasteiger partial charge on any atom is -0.406 e. The van der Waals surface area contributed by atoms with Crippen LogP contribution in [-0.2, 0) is 6.54 Å². The van der Waals surface area contributed by atoms with Crippen LogP contribution in [0.15, 0.2) is 53.5 Å². The molecule has 0 saturated carbocycles. The number of guanidine groups is 1. The topological polar surface area (TPSA) is 88.7 Å². The molecule has 0 radical (unpaired) electrons. The lowest BCUT2D eigenvalue weighted by Crippen LogP contribution is -2.40. The van der Waals surface area contributed by atoms with Crippen LogP contribution < -0.4 is 21.1 Å². The van der Waals surface area contributed by atoms with Gasteiger partial charge in [-0.05, 0) is 62.7 Å². The fourth-order valence-corrected chi connectivity index (χ4v) is 2.33. The summed E-state index contributed by atoms with van der Waals surface area (Å²) in [5, 5.41) is 5.67. The monoisotopic (exact) mass is 536 g/mol. The van der Waals surface area contributed by atoms with Crippen molar-refractivity contribution in [3.63, 3.8) is 0 Å². The van der Waals surface area contributed by atoms with Crippen LogP contribution in [0.25, 0.3) is 0 Å². The second-order valence-electron chi connectivity index (χ2n) is 7.30. The Bertz CT molecular complexity index is 879. The third-order valence-corrected chi connectivity index (χ3v) is 3.47. The Balaban J connectivity index is 0.00000450. The molecule has 30 heavy (non-hydrogen) atoms. The molecule has 0 unspecified atom stereocenters. The molecular formula is C20H24F3IN4O2. The Kier molecular flexibility index (Phi) is 8.94. The number of halogens is 4. The fraction of sp³-hybridized carbons (Fsp3) is 0.300. The number of ether oxygens (including phenoxy) is 1. The fourth-order valence-electron chi connectivity index (χ4n) is 2.33. The maximum atomic E-state index is 12.2. The van der Waals surface area contributed by atoms with Gasteiger partial charge in [0.1, 0.15) is 5.75 Å². The van der Waals surface area contributed by atoms with Gasteiger partial charge in [0.15, 0.2) is 5.96 Å². The molecule has 0 fully saturated rings. The molecule has 0 aliphatic carbocycles. The minimum atomic E-state index is -4.74. The molecular weight excluding hydrogens is 512 g/mol. The maximum Gasteiger partial charge on any atom is 0.573 e. The molecule has 2 aromatic rings. The highest BCUT2D eigenvalue weighted by Crippen LogP contribution is 2.23. The van der Waals surface area contributed by atoms with Gasteiger partial charge < -0.3 is 21.1 Å². The molecule has 2 rings (SSSR count). The first-order valence-electron chi connectivity index (χ1n) is 8.75. The van der Waals surface area contributed by atoms with Gasteiger partial charge in [-0.25, -0.2) is 4.99 Å². The van der Waals surface area contributed by atoms with Crippen molar-refractivity contribution >= 4 is 41.5 Å². The van der Waals surface area contributed by atoms with Crippen LogP contribution in [0.1, 0.15) is 36.7 Å². The van der Waals surface area contributed by atoms with E-state index in [-0.39, 0.29) is 53.7 Å². The largest absolute Gasteiger partial charge is 0.573 e. The SMILES string of the molecule is CC(C)(C)NC(=O)c1cccc(CN=C(N)Nc2ccc(OC(F)(F)F)cc2)c1.I. The second kappa shape index (κ2) is 10.5. The van der Waals surface area contributed by atoms with Crippen LogP contribution in [0.5, 0.6) is 5.75 Å². The van der Waals surface area contributed by atoms with Crippen LogP contribution >= 0.6 is 24.0 Å². The Morgan fingerprint density at radius 1 is 1.10 bits per heavy atom. The number of nitrogens with zero attached hydrogens (tertiary/aromatic N) is 1.